The predicted molar refractivity (Wildman–Crippen MR) is 57.9 cm³/mol. The van der Waals surface area contributed by atoms with Crippen LogP contribution in [0.3, 0.4) is 0 Å². The number of carbonyl (C=O) groups is 1. The Hall–Kier alpha value is -0.590. The van der Waals surface area contributed by atoms with E-state index in [0.29, 0.717) is 11.8 Å². The first-order valence-electron chi connectivity index (χ1n) is 5.75. The molecule has 78 valence electrons. The van der Waals surface area contributed by atoms with Crippen molar-refractivity contribution >= 4 is 6.29 Å². The monoisotopic (exact) mass is 192 g/mol. The number of allylic oxidation sites excluding steroid dienone is 2. The first kappa shape index (κ1) is 9.95. The zero-order chi connectivity index (χ0) is 10.3. The van der Waals surface area contributed by atoms with Crippen molar-refractivity contribution in [2.24, 2.45) is 23.2 Å². The van der Waals surface area contributed by atoms with Gasteiger partial charge >= 0.3 is 0 Å². The summed E-state index contributed by atoms with van der Waals surface area (Å²) >= 11 is 0. The molecule has 0 radical (unpaired) electrons. The van der Waals surface area contributed by atoms with E-state index in [1.165, 1.54) is 24.7 Å². The van der Waals surface area contributed by atoms with Crippen LogP contribution in [0.2, 0.25) is 0 Å². The molecule has 0 N–H and O–H groups in total. The fourth-order valence-electron chi connectivity index (χ4n) is 3.46. The Balaban J connectivity index is 2.38. The molecular formula is C13H20O. The summed E-state index contributed by atoms with van der Waals surface area (Å²) < 4.78 is 0. The number of rotatable bonds is 2. The number of fused-ring (bicyclic) bond motifs is 2. The molecule has 3 aliphatic carbocycles. The highest BCUT2D eigenvalue weighted by Crippen LogP contribution is 2.53. The van der Waals surface area contributed by atoms with Gasteiger partial charge in [0.15, 0.2) is 0 Å². The Morgan fingerprint density at radius 3 is 2.79 bits per heavy atom. The summed E-state index contributed by atoms with van der Waals surface area (Å²) in [7, 11) is 0. The lowest BCUT2D eigenvalue weighted by Gasteiger charge is -2.49. The van der Waals surface area contributed by atoms with Gasteiger partial charge in [0.05, 0.1) is 0 Å². The average molecular weight is 192 g/mol. The summed E-state index contributed by atoms with van der Waals surface area (Å²) in [4.78, 5) is 11.4. The Labute approximate surface area is 86.6 Å². The highest BCUT2D eigenvalue weighted by Gasteiger charge is 2.47. The SMILES string of the molecule is CC1=CC2(C=O)CCC1CC2C(C)C. The lowest BCUT2D eigenvalue weighted by Crippen LogP contribution is -2.43. The van der Waals surface area contributed by atoms with E-state index in [2.05, 4.69) is 26.8 Å². The Kier molecular flexibility index (Phi) is 2.29. The van der Waals surface area contributed by atoms with Crippen LogP contribution < -0.4 is 0 Å². The van der Waals surface area contributed by atoms with Crippen LogP contribution in [0, 0.1) is 23.2 Å². The number of aldehydes is 1. The second-order valence-corrected chi connectivity index (χ2v) is 5.44. The summed E-state index contributed by atoms with van der Waals surface area (Å²) in [5, 5.41) is 0. The first-order valence-corrected chi connectivity index (χ1v) is 5.75. The average Bonchev–Trinajstić information content (AvgIpc) is 2.18. The van der Waals surface area contributed by atoms with Crippen molar-refractivity contribution in [1.29, 1.82) is 0 Å². The first-order chi connectivity index (χ1) is 6.59. The maximum absolute atomic E-state index is 11.4. The minimum atomic E-state index is -0.104. The Bertz CT molecular complexity index is 277. The molecule has 0 aromatic heterocycles. The van der Waals surface area contributed by atoms with Crippen molar-refractivity contribution in [2.75, 3.05) is 0 Å². The fourth-order valence-corrected chi connectivity index (χ4v) is 3.46. The molecule has 0 aromatic carbocycles. The van der Waals surface area contributed by atoms with Gasteiger partial charge in [-0.15, -0.1) is 0 Å². The second kappa shape index (κ2) is 3.22. The summed E-state index contributed by atoms with van der Waals surface area (Å²) in [5.41, 5.74) is 1.35. The third kappa shape index (κ3) is 1.25. The van der Waals surface area contributed by atoms with E-state index in [1.54, 1.807) is 0 Å². The third-order valence-electron chi connectivity index (χ3n) is 4.32. The van der Waals surface area contributed by atoms with Crippen molar-refractivity contribution in [3.8, 4) is 0 Å². The molecule has 1 heteroatoms. The molecule has 0 saturated heterocycles. The summed E-state index contributed by atoms with van der Waals surface area (Å²) in [6.45, 7) is 6.69. The molecule has 0 amide bonds. The summed E-state index contributed by atoms with van der Waals surface area (Å²) in [6.07, 6.45) is 7.03. The van der Waals surface area contributed by atoms with Crippen molar-refractivity contribution < 1.29 is 4.79 Å². The molecule has 3 atom stereocenters. The lowest BCUT2D eigenvalue weighted by atomic mass is 9.55. The largest absolute Gasteiger partial charge is 0.302 e. The number of carbonyl (C=O) groups excluding carboxylic acids is 1. The minimum absolute atomic E-state index is 0.104. The Morgan fingerprint density at radius 2 is 2.29 bits per heavy atom. The molecule has 2 bridgehead atoms. The van der Waals surface area contributed by atoms with Crippen molar-refractivity contribution in [1.82, 2.24) is 0 Å². The maximum Gasteiger partial charge on any atom is 0.130 e. The zero-order valence-corrected chi connectivity index (χ0v) is 9.42. The smallest absolute Gasteiger partial charge is 0.130 e. The Morgan fingerprint density at radius 1 is 1.57 bits per heavy atom. The van der Waals surface area contributed by atoms with Crippen LogP contribution >= 0.6 is 0 Å². The van der Waals surface area contributed by atoms with E-state index >= 15 is 0 Å². The molecule has 14 heavy (non-hydrogen) atoms. The standard InChI is InChI=1S/C13H20O/c1-9(2)12-6-11-4-5-13(12,8-14)7-10(11)3/h7-9,11-12H,4-6H2,1-3H3. The molecule has 3 aliphatic rings. The van der Waals surface area contributed by atoms with Crippen LogP contribution in [-0.2, 0) is 4.79 Å². The number of hydrogen-bond donors (Lipinski definition) is 0. The van der Waals surface area contributed by atoms with E-state index in [9.17, 15) is 4.79 Å². The van der Waals surface area contributed by atoms with E-state index in [-0.39, 0.29) is 5.41 Å². The zero-order valence-electron chi connectivity index (χ0n) is 9.42. The summed E-state index contributed by atoms with van der Waals surface area (Å²) in [5.74, 6) is 1.99. The van der Waals surface area contributed by atoms with Gasteiger partial charge in [0, 0.05) is 5.41 Å². The van der Waals surface area contributed by atoms with Crippen LogP contribution in [0.4, 0.5) is 0 Å². The molecule has 0 heterocycles. The van der Waals surface area contributed by atoms with Crippen LogP contribution in [0.25, 0.3) is 0 Å². The molecule has 1 nitrogen and oxygen atoms in total. The molecule has 3 rings (SSSR count). The van der Waals surface area contributed by atoms with Gasteiger partial charge in [-0.1, -0.05) is 25.5 Å². The van der Waals surface area contributed by atoms with Gasteiger partial charge in [-0.05, 0) is 43.9 Å². The van der Waals surface area contributed by atoms with E-state index in [1.807, 2.05) is 0 Å². The molecular weight excluding hydrogens is 172 g/mol. The molecule has 3 unspecified atom stereocenters. The van der Waals surface area contributed by atoms with Gasteiger partial charge in [-0.25, -0.2) is 0 Å². The highest BCUT2D eigenvalue weighted by atomic mass is 16.1. The van der Waals surface area contributed by atoms with Gasteiger partial charge < -0.3 is 4.79 Å². The molecule has 0 aromatic rings. The van der Waals surface area contributed by atoms with Crippen molar-refractivity contribution in [3.63, 3.8) is 0 Å². The molecule has 1 fully saturated rings. The third-order valence-corrected chi connectivity index (χ3v) is 4.32. The molecule has 0 aliphatic heterocycles. The van der Waals surface area contributed by atoms with E-state index in [0.717, 1.165) is 12.3 Å². The maximum atomic E-state index is 11.4. The molecule has 0 spiro atoms. The van der Waals surface area contributed by atoms with Crippen LogP contribution in [0.5, 0.6) is 0 Å². The highest BCUT2D eigenvalue weighted by molar-refractivity contribution is 5.65. The number of hydrogen-bond acceptors (Lipinski definition) is 1. The van der Waals surface area contributed by atoms with E-state index < -0.39 is 0 Å². The van der Waals surface area contributed by atoms with Gasteiger partial charge in [0.2, 0.25) is 0 Å². The quantitative estimate of drug-likeness (QED) is 0.485. The minimum Gasteiger partial charge on any atom is -0.302 e. The van der Waals surface area contributed by atoms with Crippen LogP contribution in [-0.4, -0.2) is 6.29 Å². The van der Waals surface area contributed by atoms with Gasteiger partial charge in [0.1, 0.15) is 6.29 Å². The van der Waals surface area contributed by atoms with Gasteiger partial charge in [0.25, 0.3) is 0 Å². The van der Waals surface area contributed by atoms with Crippen LogP contribution in [0.15, 0.2) is 11.6 Å². The van der Waals surface area contributed by atoms with Crippen molar-refractivity contribution in [3.05, 3.63) is 11.6 Å². The topological polar surface area (TPSA) is 17.1 Å². The predicted octanol–water partition coefficient (Wildman–Crippen LogP) is 3.20. The van der Waals surface area contributed by atoms with Crippen molar-refractivity contribution in [2.45, 2.75) is 40.0 Å². The normalized spacial score (nSPS) is 41.3. The van der Waals surface area contributed by atoms with E-state index in [4.69, 9.17) is 0 Å². The summed E-state index contributed by atoms with van der Waals surface area (Å²) in [6, 6.07) is 0. The van der Waals surface area contributed by atoms with Gasteiger partial charge in [-0.3, -0.25) is 0 Å². The lowest BCUT2D eigenvalue weighted by molar-refractivity contribution is -0.120. The van der Waals surface area contributed by atoms with Gasteiger partial charge in [-0.2, -0.15) is 0 Å². The van der Waals surface area contributed by atoms with Crippen LogP contribution in [0.1, 0.15) is 40.0 Å². The molecule has 1 saturated carbocycles. The fraction of sp³-hybridized carbons (Fsp3) is 0.769. The second-order valence-electron chi connectivity index (χ2n) is 5.44.